The monoisotopic (exact) mass is 473 g/mol. The summed E-state index contributed by atoms with van der Waals surface area (Å²) in [5.74, 6) is -1.86. The third-order valence-electron chi connectivity index (χ3n) is 4.75. The molecule has 1 aliphatic rings. The lowest BCUT2D eigenvalue weighted by molar-refractivity contribution is -0.131. The summed E-state index contributed by atoms with van der Waals surface area (Å²) >= 11 is 7.77. The maximum Gasteiger partial charge on any atom is 0.341 e. The average molecular weight is 474 g/mol. The number of carboxylic acid groups (broad SMARTS) is 1. The van der Waals surface area contributed by atoms with Gasteiger partial charge in [0.1, 0.15) is 11.3 Å². The van der Waals surface area contributed by atoms with Gasteiger partial charge in [-0.2, -0.15) is 0 Å². The summed E-state index contributed by atoms with van der Waals surface area (Å²) in [4.78, 5) is 28.9. The van der Waals surface area contributed by atoms with Gasteiger partial charge in [-0.25, -0.2) is 9.10 Å². The van der Waals surface area contributed by atoms with Crippen molar-refractivity contribution < 1.29 is 24.2 Å². The predicted octanol–water partition coefficient (Wildman–Crippen LogP) is 4.59. The zero-order valence-corrected chi connectivity index (χ0v) is 18.7. The highest BCUT2D eigenvalue weighted by molar-refractivity contribution is 7.97. The number of hydrogen-bond acceptors (Lipinski definition) is 8. The molecule has 3 aromatic rings. The van der Waals surface area contributed by atoms with E-state index in [4.69, 9.17) is 21.1 Å². The second kappa shape index (κ2) is 9.74. The number of benzene rings is 2. The quantitative estimate of drug-likeness (QED) is 0.302. The standard InChI is InChI=1S/C22H20ClN3O5S/c1-13(27)31-18-4-2-3-17(20(18)22(28)29)25-21-15-11-14(23)5-6-16(15)24-12-19(21)32-26-7-9-30-10-8-26/h2-6,11-12H,7-10H2,1H3,(H,24,25)(H,28,29). The molecule has 1 aliphatic heterocycles. The van der Waals surface area contributed by atoms with Gasteiger partial charge in [0.25, 0.3) is 0 Å². The van der Waals surface area contributed by atoms with Crippen molar-refractivity contribution in [3.8, 4) is 5.75 Å². The second-order valence-electron chi connectivity index (χ2n) is 6.99. The summed E-state index contributed by atoms with van der Waals surface area (Å²) in [5.41, 5.74) is 1.51. The topological polar surface area (TPSA) is 101 Å². The smallest absolute Gasteiger partial charge is 0.341 e. The van der Waals surface area contributed by atoms with Crippen molar-refractivity contribution in [2.45, 2.75) is 11.8 Å². The summed E-state index contributed by atoms with van der Waals surface area (Å²) in [6.45, 7) is 3.99. The number of pyridine rings is 1. The van der Waals surface area contributed by atoms with E-state index in [2.05, 4.69) is 14.6 Å². The van der Waals surface area contributed by atoms with Crippen molar-refractivity contribution in [1.29, 1.82) is 0 Å². The van der Waals surface area contributed by atoms with E-state index in [1.807, 2.05) is 0 Å². The Labute approximate surface area is 193 Å². The highest BCUT2D eigenvalue weighted by Crippen LogP contribution is 2.39. The van der Waals surface area contributed by atoms with E-state index >= 15 is 0 Å². The molecule has 1 saturated heterocycles. The van der Waals surface area contributed by atoms with Crippen LogP contribution in [0, 0.1) is 0 Å². The number of nitrogens with zero attached hydrogens (tertiary/aromatic N) is 2. The number of anilines is 2. The van der Waals surface area contributed by atoms with Crippen molar-refractivity contribution in [3.63, 3.8) is 0 Å². The van der Waals surface area contributed by atoms with Gasteiger partial charge in [-0.05, 0) is 42.3 Å². The van der Waals surface area contributed by atoms with Crippen LogP contribution in [0.25, 0.3) is 10.9 Å². The number of carbonyl (C=O) groups excluding carboxylic acids is 1. The van der Waals surface area contributed by atoms with E-state index in [-0.39, 0.29) is 17.0 Å². The first-order valence-corrected chi connectivity index (χ1v) is 11.0. The Morgan fingerprint density at radius 3 is 2.75 bits per heavy atom. The van der Waals surface area contributed by atoms with Crippen LogP contribution in [0.4, 0.5) is 11.4 Å². The van der Waals surface area contributed by atoms with Gasteiger partial charge in [-0.1, -0.05) is 17.7 Å². The van der Waals surface area contributed by atoms with Crippen molar-refractivity contribution in [2.24, 2.45) is 0 Å². The third kappa shape index (κ3) is 4.97. The summed E-state index contributed by atoms with van der Waals surface area (Å²) in [6, 6.07) is 10.0. The zero-order valence-electron chi connectivity index (χ0n) is 17.1. The summed E-state index contributed by atoms with van der Waals surface area (Å²) in [5, 5.41) is 14.4. The maximum atomic E-state index is 12.0. The molecule has 10 heteroatoms. The molecule has 2 aromatic carbocycles. The van der Waals surface area contributed by atoms with Gasteiger partial charge in [-0.3, -0.25) is 9.78 Å². The van der Waals surface area contributed by atoms with Gasteiger partial charge in [0.2, 0.25) is 0 Å². The fraction of sp³-hybridized carbons (Fsp3) is 0.227. The molecule has 0 unspecified atom stereocenters. The average Bonchev–Trinajstić information content (AvgIpc) is 2.75. The van der Waals surface area contributed by atoms with Crippen molar-refractivity contribution in [2.75, 3.05) is 31.6 Å². The van der Waals surface area contributed by atoms with Gasteiger partial charge in [0, 0.05) is 36.6 Å². The zero-order chi connectivity index (χ0) is 22.7. The molecule has 2 N–H and O–H groups in total. The lowest BCUT2D eigenvalue weighted by atomic mass is 10.1. The number of halogens is 1. The lowest BCUT2D eigenvalue weighted by Gasteiger charge is -2.26. The molecule has 0 amide bonds. The molecule has 0 bridgehead atoms. The number of ether oxygens (including phenoxy) is 2. The van der Waals surface area contributed by atoms with Crippen LogP contribution < -0.4 is 10.1 Å². The largest absolute Gasteiger partial charge is 0.477 e. The van der Waals surface area contributed by atoms with Crippen LogP contribution in [0.3, 0.4) is 0 Å². The Hall–Kier alpha value is -2.85. The number of esters is 1. The molecule has 0 radical (unpaired) electrons. The molecular weight excluding hydrogens is 454 g/mol. The number of hydrogen-bond donors (Lipinski definition) is 2. The fourth-order valence-electron chi connectivity index (χ4n) is 3.35. The lowest BCUT2D eigenvalue weighted by Crippen LogP contribution is -2.31. The van der Waals surface area contributed by atoms with Crippen LogP contribution in [0.1, 0.15) is 17.3 Å². The number of carbonyl (C=O) groups is 2. The molecule has 8 nitrogen and oxygen atoms in total. The first-order valence-electron chi connectivity index (χ1n) is 9.83. The van der Waals surface area contributed by atoms with Gasteiger partial charge in [-0.15, -0.1) is 0 Å². The van der Waals surface area contributed by atoms with Crippen LogP contribution in [-0.2, 0) is 9.53 Å². The summed E-state index contributed by atoms with van der Waals surface area (Å²) < 4.78 is 12.7. The summed E-state index contributed by atoms with van der Waals surface area (Å²) in [7, 11) is 0. The number of morpholine rings is 1. The molecule has 1 fully saturated rings. The van der Waals surface area contributed by atoms with Gasteiger partial charge < -0.3 is 19.9 Å². The predicted molar refractivity (Wildman–Crippen MR) is 123 cm³/mol. The molecule has 0 spiro atoms. The molecule has 32 heavy (non-hydrogen) atoms. The molecule has 1 aromatic heterocycles. The molecule has 0 saturated carbocycles. The van der Waals surface area contributed by atoms with E-state index in [1.165, 1.54) is 24.9 Å². The Balaban J connectivity index is 1.82. The van der Waals surface area contributed by atoms with Gasteiger partial charge in [0.15, 0.2) is 0 Å². The Kier molecular flexibility index (Phi) is 6.80. The van der Waals surface area contributed by atoms with E-state index in [9.17, 15) is 14.7 Å². The van der Waals surface area contributed by atoms with E-state index < -0.39 is 11.9 Å². The van der Waals surface area contributed by atoms with Crippen LogP contribution in [0.5, 0.6) is 5.75 Å². The van der Waals surface area contributed by atoms with Crippen molar-refractivity contribution in [1.82, 2.24) is 9.29 Å². The molecule has 0 atom stereocenters. The molecule has 166 valence electrons. The van der Waals surface area contributed by atoms with Crippen LogP contribution in [0.2, 0.25) is 5.02 Å². The Morgan fingerprint density at radius 1 is 1.25 bits per heavy atom. The first kappa shape index (κ1) is 22.3. The van der Waals surface area contributed by atoms with E-state index in [0.717, 1.165) is 23.4 Å². The second-order valence-corrected chi connectivity index (χ2v) is 8.57. The van der Waals surface area contributed by atoms with Crippen LogP contribution >= 0.6 is 23.5 Å². The normalized spacial score (nSPS) is 14.3. The van der Waals surface area contributed by atoms with Gasteiger partial charge in [0.05, 0.1) is 35.0 Å². The minimum Gasteiger partial charge on any atom is -0.477 e. The highest BCUT2D eigenvalue weighted by Gasteiger charge is 2.22. The Bertz CT molecular complexity index is 1180. The fourth-order valence-corrected chi connectivity index (χ4v) is 4.49. The van der Waals surface area contributed by atoms with E-state index in [0.29, 0.717) is 29.4 Å². The number of aromatic nitrogens is 1. The first-order chi connectivity index (χ1) is 15.4. The summed E-state index contributed by atoms with van der Waals surface area (Å²) in [6.07, 6.45) is 1.75. The molecule has 0 aliphatic carbocycles. The number of rotatable bonds is 6. The minimum absolute atomic E-state index is 0.0335. The van der Waals surface area contributed by atoms with E-state index in [1.54, 1.807) is 36.5 Å². The molecule has 4 rings (SSSR count). The van der Waals surface area contributed by atoms with Crippen LogP contribution in [-0.4, -0.2) is 52.6 Å². The van der Waals surface area contributed by atoms with Gasteiger partial charge >= 0.3 is 11.9 Å². The number of fused-ring (bicyclic) bond motifs is 1. The number of carboxylic acids is 1. The minimum atomic E-state index is -1.22. The molecular formula is C22H20ClN3O5S. The highest BCUT2D eigenvalue weighted by atomic mass is 35.5. The number of aromatic carboxylic acids is 1. The van der Waals surface area contributed by atoms with Crippen LogP contribution in [0.15, 0.2) is 47.5 Å². The Morgan fingerprint density at radius 2 is 2.03 bits per heavy atom. The third-order valence-corrected chi connectivity index (χ3v) is 6.11. The van der Waals surface area contributed by atoms with Crippen molar-refractivity contribution >= 4 is 57.8 Å². The number of nitrogens with one attached hydrogen (secondary N) is 1. The molecule has 2 heterocycles. The maximum absolute atomic E-state index is 12.0. The van der Waals surface area contributed by atoms with Crippen molar-refractivity contribution in [3.05, 3.63) is 53.2 Å². The SMILES string of the molecule is CC(=O)Oc1cccc(Nc2c(SN3CCOCC3)cnc3ccc(Cl)cc23)c1C(=O)O.